The molecular formula is H12Cl6S3. The Hall–Kier alpha value is 2.79. The number of hydrogen-bond donors (Lipinski definition) is 0. The maximum Gasteiger partial charge on any atom is -0.147 e. The average Bonchev–Trinajstić information content (AvgIpc) is 0. The van der Waals surface area contributed by atoms with E-state index in [9.17, 15) is 0 Å². The van der Waals surface area contributed by atoms with E-state index in [-0.39, 0.29) is 115 Å². The highest BCUT2D eigenvalue weighted by molar-refractivity contribution is 7.59. The lowest BCUT2D eigenvalue weighted by Crippen LogP contribution is 0.647. The highest BCUT2D eigenvalue weighted by Gasteiger charge is -0.141. The van der Waals surface area contributed by atoms with Gasteiger partial charge in [0.15, 0.2) is 0 Å². The summed E-state index contributed by atoms with van der Waals surface area (Å²) in [6.45, 7) is 0. The Balaban J connectivity index is 0. The van der Waals surface area contributed by atoms with E-state index in [4.69, 9.17) is 0 Å². The first-order valence-electron chi connectivity index (χ1n) is 0. The second-order valence-corrected chi connectivity index (χ2v) is 0. The largest absolute Gasteiger partial charge is 0.197 e. The zero-order valence-electron chi connectivity index (χ0n) is 3.95. The van der Waals surface area contributed by atoms with Crippen molar-refractivity contribution in [1.82, 2.24) is 0 Å². The molecule has 0 fully saturated rings. The van der Waals surface area contributed by atoms with Gasteiger partial charge < -0.3 is 0 Å². The Kier molecular flexibility index (Phi) is 2600. The van der Waals surface area contributed by atoms with E-state index < -0.39 is 0 Å². The lowest BCUT2D eigenvalue weighted by Gasteiger charge is -0.198. The molecule has 0 aromatic carbocycles. The van der Waals surface area contributed by atoms with Crippen molar-refractivity contribution in [2.24, 2.45) is 0 Å². The number of rotatable bonds is 0. The molecule has 9 heavy (non-hydrogen) atoms. The van der Waals surface area contributed by atoms with E-state index in [1.165, 1.54) is 0 Å². The van der Waals surface area contributed by atoms with Gasteiger partial charge in [-0.05, 0) is 0 Å². The van der Waals surface area contributed by atoms with E-state index in [1.807, 2.05) is 0 Å². The van der Waals surface area contributed by atoms with E-state index in [2.05, 4.69) is 0 Å². The van der Waals surface area contributed by atoms with E-state index >= 15 is 0 Å². The zero-order valence-corrected chi connectivity index (χ0v) is 11.8. The van der Waals surface area contributed by atoms with Crippen molar-refractivity contribution < 1.29 is 0 Å². The van der Waals surface area contributed by atoms with Crippen LogP contribution in [0.4, 0.5) is 0 Å². The minimum absolute atomic E-state index is 0. The number of hydrogen-bond acceptors (Lipinski definition) is 0. The Morgan fingerprint density at radius 1 is 0.222 bits per heavy atom. The van der Waals surface area contributed by atoms with Gasteiger partial charge in [-0.2, -0.15) is 40.5 Å². The first-order chi connectivity index (χ1) is 0. The van der Waals surface area contributed by atoms with Crippen molar-refractivity contribution in [2.75, 3.05) is 0 Å². The van der Waals surface area contributed by atoms with Crippen LogP contribution in [0, 0.1) is 0 Å². The summed E-state index contributed by atoms with van der Waals surface area (Å²) in [5, 5.41) is 0. The van der Waals surface area contributed by atoms with Crippen LogP contribution >= 0.6 is 115 Å². The summed E-state index contributed by atoms with van der Waals surface area (Å²) in [5.41, 5.74) is 0. The minimum atomic E-state index is 0. The van der Waals surface area contributed by atoms with Crippen LogP contribution in [0.15, 0.2) is 0 Å². The predicted molar refractivity (Wildman–Crippen MR) is 74.6 cm³/mol. The second-order valence-electron chi connectivity index (χ2n) is 0. The molecule has 0 nitrogen and oxygen atoms in total. The molecule has 0 atom stereocenters. The van der Waals surface area contributed by atoms with E-state index in [1.54, 1.807) is 0 Å². The molecule has 0 aliphatic heterocycles. The molecule has 0 amide bonds. The lowest BCUT2D eigenvalue weighted by molar-refractivity contribution is 5.85. The molecule has 0 saturated heterocycles. The summed E-state index contributed by atoms with van der Waals surface area (Å²) < 4.78 is 0. The SMILES string of the molecule is Cl.Cl.Cl.Cl.Cl.Cl.S.S.S. The summed E-state index contributed by atoms with van der Waals surface area (Å²) in [4.78, 5) is 0. The smallest absolute Gasteiger partial charge is 0.147 e. The van der Waals surface area contributed by atoms with Crippen molar-refractivity contribution in [3.63, 3.8) is 0 Å². The van der Waals surface area contributed by atoms with Crippen molar-refractivity contribution in [3.05, 3.63) is 0 Å². The van der Waals surface area contributed by atoms with Gasteiger partial charge >= 0.3 is 0 Å². The lowest BCUT2D eigenvalue weighted by atomic mass is 32.1. The number of halogens is 6. The maximum atomic E-state index is 0. The van der Waals surface area contributed by atoms with Crippen LogP contribution < -0.4 is 0 Å². The third-order valence-electron chi connectivity index (χ3n) is 0. The molecule has 0 N–H and O–H groups in total. The van der Waals surface area contributed by atoms with Gasteiger partial charge in [0.1, 0.15) is 0 Å². The fourth-order valence-corrected chi connectivity index (χ4v) is 0. The Bertz CT molecular complexity index is 8.26. The van der Waals surface area contributed by atoms with Gasteiger partial charge in [-0.3, -0.25) is 0 Å². The summed E-state index contributed by atoms with van der Waals surface area (Å²) in [6, 6.07) is 0. The summed E-state index contributed by atoms with van der Waals surface area (Å²) in [5.74, 6) is 0. The molecule has 0 rings (SSSR count). The molecule has 0 aliphatic carbocycles. The molecule has 0 unspecified atom stereocenters. The first-order valence-corrected chi connectivity index (χ1v) is 0. The normalized spacial score (nSPS) is 0. The monoisotopic (exact) mass is 318 g/mol. The van der Waals surface area contributed by atoms with Crippen LogP contribution in [0.2, 0.25) is 0 Å². The zero-order chi connectivity index (χ0) is 0. The van der Waals surface area contributed by atoms with Crippen molar-refractivity contribution in [3.8, 4) is 0 Å². The fourth-order valence-electron chi connectivity index (χ4n) is 0. The molecule has 0 spiro atoms. The second kappa shape index (κ2) is 133. The first kappa shape index (κ1) is 176. The van der Waals surface area contributed by atoms with Gasteiger partial charge in [0.2, 0.25) is 0 Å². The van der Waals surface area contributed by atoms with Gasteiger partial charge in [-0.1, -0.05) is 0 Å². The highest BCUT2D eigenvalue weighted by Crippen LogP contribution is 0.695. The van der Waals surface area contributed by atoms with Crippen molar-refractivity contribution >= 4 is 115 Å². The Morgan fingerprint density at radius 2 is 0.222 bits per heavy atom. The molecule has 0 aromatic heterocycles. The van der Waals surface area contributed by atoms with Gasteiger partial charge in [-0.15, -0.1) is 74.4 Å². The van der Waals surface area contributed by atoms with Crippen molar-refractivity contribution in [1.29, 1.82) is 0 Å². The van der Waals surface area contributed by atoms with Gasteiger partial charge in [0, 0.05) is 0 Å². The van der Waals surface area contributed by atoms with Crippen LogP contribution in [0.1, 0.15) is 0 Å². The van der Waals surface area contributed by atoms with Crippen LogP contribution in [0.5, 0.6) is 0 Å². The topological polar surface area (TPSA) is 0 Å². The Morgan fingerprint density at radius 3 is 0.222 bits per heavy atom. The van der Waals surface area contributed by atoms with Crippen LogP contribution in [0.25, 0.3) is 0 Å². The van der Waals surface area contributed by atoms with Gasteiger partial charge in [0.05, 0.1) is 0 Å². The molecule has 0 heterocycles. The van der Waals surface area contributed by atoms with E-state index in [0.29, 0.717) is 0 Å². The third-order valence-corrected chi connectivity index (χ3v) is 0. The fraction of sp³-hybridized carbons (Fsp3) is 0. The van der Waals surface area contributed by atoms with Crippen molar-refractivity contribution in [2.45, 2.75) is 0 Å². The molecule has 0 saturated carbocycles. The molecule has 0 bridgehead atoms. The molecule has 9 heteroatoms. The maximum absolute atomic E-state index is 0. The van der Waals surface area contributed by atoms with Gasteiger partial charge in [-0.25, -0.2) is 0 Å². The third kappa shape index (κ3) is 107. The molecule has 0 aliphatic rings. The van der Waals surface area contributed by atoms with Crippen LogP contribution in [0.3, 0.4) is 0 Å². The van der Waals surface area contributed by atoms with Crippen LogP contribution in [-0.2, 0) is 0 Å². The van der Waals surface area contributed by atoms with Crippen LogP contribution in [-0.4, -0.2) is 0 Å². The molecule has 72 valence electrons. The quantitative estimate of drug-likeness (QED) is 0.644. The molecule has 0 aromatic rings. The van der Waals surface area contributed by atoms with E-state index in [0.717, 1.165) is 0 Å². The minimum Gasteiger partial charge on any atom is -0.197 e. The summed E-state index contributed by atoms with van der Waals surface area (Å²) in [7, 11) is 0. The predicted octanol–water partition coefficient (Wildman–Crippen LogP) is 2.87. The summed E-state index contributed by atoms with van der Waals surface area (Å²) in [6.07, 6.45) is 0. The van der Waals surface area contributed by atoms with Gasteiger partial charge in [0.25, 0.3) is 0 Å². The summed E-state index contributed by atoms with van der Waals surface area (Å²) >= 11 is 0. The molecular weight excluding hydrogens is 309 g/mol. The molecule has 0 radical (unpaired) electrons. The average molecular weight is 321 g/mol. The Labute approximate surface area is 114 Å². The highest BCUT2D eigenvalue weighted by atomic mass is 35.5. The standard InChI is InChI=1S/6ClH.3H2S/h6*1H;3*1H2.